The largest absolute Gasteiger partial charge is 0.354 e. The lowest BCUT2D eigenvalue weighted by atomic mass is 9.91. The second kappa shape index (κ2) is 6.31. The van der Waals surface area contributed by atoms with Crippen molar-refractivity contribution in [3.63, 3.8) is 0 Å². The van der Waals surface area contributed by atoms with Crippen LogP contribution in [0.4, 0.5) is 5.95 Å². The molecule has 1 aromatic carbocycles. The molecule has 26 heavy (non-hydrogen) atoms. The van der Waals surface area contributed by atoms with E-state index in [0.717, 1.165) is 42.8 Å². The number of nitrogens with one attached hydrogen (secondary N) is 1. The smallest absolute Gasteiger partial charge is 0.226 e. The van der Waals surface area contributed by atoms with Crippen LogP contribution in [0.2, 0.25) is 0 Å². The third-order valence-electron chi connectivity index (χ3n) is 6.34. The Balaban J connectivity index is 1.64. The van der Waals surface area contributed by atoms with Crippen LogP contribution in [-0.2, 0) is 12.0 Å². The highest BCUT2D eigenvalue weighted by molar-refractivity contribution is 5.57. The fourth-order valence-electron chi connectivity index (χ4n) is 4.47. The summed E-state index contributed by atoms with van der Waals surface area (Å²) in [6.07, 6.45) is 7.46. The zero-order valence-corrected chi connectivity index (χ0v) is 15.5. The van der Waals surface area contributed by atoms with E-state index >= 15 is 0 Å². The molecule has 1 unspecified atom stereocenters. The number of nitrogens with zero attached hydrogens (tertiary/aromatic N) is 4. The van der Waals surface area contributed by atoms with E-state index in [9.17, 15) is 0 Å². The molecule has 6 bridgehead atoms. The average molecular weight is 349 g/mol. The van der Waals surface area contributed by atoms with Crippen molar-refractivity contribution in [1.82, 2.24) is 19.9 Å². The molecule has 5 nitrogen and oxygen atoms in total. The Labute approximate surface area is 155 Å². The van der Waals surface area contributed by atoms with Crippen molar-refractivity contribution in [2.45, 2.75) is 50.5 Å². The monoisotopic (exact) mass is 349 g/mol. The summed E-state index contributed by atoms with van der Waals surface area (Å²) in [5.41, 5.74) is 2.64. The van der Waals surface area contributed by atoms with Crippen LogP contribution >= 0.6 is 0 Å². The van der Waals surface area contributed by atoms with E-state index in [1.54, 1.807) is 0 Å². The van der Waals surface area contributed by atoms with Gasteiger partial charge in [-0.2, -0.15) is 9.97 Å². The van der Waals surface area contributed by atoms with Gasteiger partial charge in [0.25, 0.3) is 0 Å². The zero-order valence-electron chi connectivity index (χ0n) is 15.5. The summed E-state index contributed by atoms with van der Waals surface area (Å²) in [4.78, 5) is 17.0. The van der Waals surface area contributed by atoms with E-state index in [0.29, 0.717) is 5.92 Å². The van der Waals surface area contributed by atoms with E-state index in [1.807, 2.05) is 0 Å². The van der Waals surface area contributed by atoms with Crippen LogP contribution in [0.3, 0.4) is 0 Å². The first-order chi connectivity index (χ1) is 12.7. The van der Waals surface area contributed by atoms with Crippen molar-refractivity contribution in [1.29, 1.82) is 0 Å². The average Bonchev–Trinajstić information content (AvgIpc) is 3.43. The fourth-order valence-corrected chi connectivity index (χ4v) is 4.47. The number of fused-ring (bicyclic) bond motifs is 8. The Morgan fingerprint density at radius 1 is 1.12 bits per heavy atom. The van der Waals surface area contributed by atoms with E-state index in [1.165, 1.54) is 44.1 Å². The molecule has 1 aromatic heterocycles. The van der Waals surface area contributed by atoms with Crippen LogP contribution < -0.4 is 5.32 Å². The Hall–Kier alpha value is -2.01. The van der Waals surface area contributed by atoms with E-state index in [-0.39, 0.29) is 5.41 Å². The number of hydrogen-bond acceptors (Lipinski definition) is 5. The van der Waals surface area contributed by atoms with Gasteiger partial charge < -0.3 is 10.2 Å². The molecule has 0 amide bonds. The second-order valence-electron chi connectivity index (χ2n) is 8.45. The molecule has 3 heterocycles. The molecule has 1 spiro atoms. The third-order valence-corrected chi connectivity index (χ3v) is 6.34. The standard InChI is InChI=1S/C21H27N5/c1-26-11-7-15-5-3-8-21(9-10-21)19-23-18(24-20(25-19)22-13-15)17-6-2-4-16(12-17)14-26/h2,4,6,12,15H,3,5,7-11,13-14H2,1H3,(H,22,23,24,25). The Morgan fingerprint density at radius 2 is 2.04 bits per heavy atom. The first kappa shape index (κ1) is 16.2. The molecule has 2 aromatic rings. The van der Waals surface area contributed by atoms with Crippen molar-refractivity contribution in [2.24, 2.45) is 5.92 Å². The van der Waals surface area contributed by atoms with Crippen molar-refractivity contribution < 1.29 is 0 Å². The maximum atomic E-state index is 4.94. The van der Waals surface area contributed by atoms with Crippen LogP contribution in [0, 0.1) is 5.92 Å². The zero-order chi connectivity index (χ0) is 17.6. The number of aromatic nitrogens is 3. The van der Waals surface area contributed by atoms with Crippen LogP contribution in [0.5, 0.6) is 0 Å². The topological polar surface area (TPSA) is 53.9 Å². The van der Waals surface area contributed by atoms with E-state index in [4.69, 9.17) is 15.0 Å². The van der Waals surface area contributed by atoms with Gasteiger partial charge in [0, 0.05) is 24.1 Å². The third kappa shape index (κ3) is 3.09. The van der Waals surface area contributed by atoms with Crippen LogP contribution in [0.25, 0.3) is 11.4 Å². The molecule has 1 aliphatic carbocycles. The minimum atomic E-state index is 0.213. The summed E-state index contributed by atoms with van der Waals surface area (Å²) in [5, 5.41) is 3.54. The van der Waals surface area contributed by atoms with Crippen LogP contribution in [0.1, 0.15) is 49.9 Å². The fraction of sp³-hybridized carbons (Fsp3) is 0.571. The Morgan fingerprint density at radius 3 is 2.92 bits per heavy atom. The van der Waals surface area contributed by atoms with Gasteiger partial charge in [-0.1, -0.05) is 24.6 Å². The number of rotatable bonds is 0. The first-order valence-corrected chi connectivity index (χ1v) is 9.99. The normalized spacial score (nSPS) is 24.6. The lowest BCUT2D eigenvalue weighted by Gasteiger charge is -2.24. The molecule has 136 valence electrons. The molecule has 5 heteroatoms. The predicted octanol–water partition coefficient (Wildman–Crippen LogP) is 3.62. The highest BCUT2D eigenvalue weighted by Crippen LogP contribution is 2.51. The number of benzene rings is 1. The van der Waals surface area contributed by atoms with Crippen molar-refractivity contribution in [2.75, 3.05) is 25.5 Å². The highest BCUT2D eigenvalue weighted by Gasteiger charge is 2.47. The molecule has 3 aliphatic rings. The van der Waals surface area contributed by atoms with Gasteiger partial charge in [-0.05, 0) is 63.2 Å². The molecular weight excluding hydrogens is 322 g/mol. The van der Waals surface area contributed by atoms with E-state index < -0.39 is 0 Å². The van der Waals surface area contributed by atoms with Crippen molar-refractivity contribution in [3.05, 3.63) is 35.7 Å². The van der Waals surface area contributed by atoms with Gasteiger partial charge in [-0.25, -0.2) is 4.98 Å². The van der Waals surface area contributed by atoms with Crippen molar-refractivity contribution >= 4 is 5.95 Å². The maximum absolute atomic E-state index is 4.94. The molecule has 0 radical (unpaired) electrons. The van der Waals surface area contributed by atoms with Crippen LogP contribution in [-0.4, -0.2) is 40.0 Å². The molecule has 2 aliphatic heterocycles. The first-order valence-electron chi connectivity index (χ1n) is 9.99. The molecule has 1 saturated carbocycles. The predicted molar refractivity (Wildman–Crippen MR) is 103 cm³/mol. The number of hydrogen-bond donors (Lipinski definition) is 1. The Kier molecular flexibility index (Phi) is 3.92. The summed E-state index contributed by atoms with van der Waals surface area (Å²) in [7, 11) is 2.23. The van der Waals surface area contributed by atoms with Gasteiger partial charge in [0.15, 0.2) is 5.82 Å². The van der Waals surface area contributed by atoms with Gasteiger partial charge in [-0.15, -0.1) is 0 Å². The number of anilines is 1. The second-order valence-corrected chi connectivity index (χ2v) is 8.45. The lowest BCUT2D eigenvalue weighted by molar-refractivity contribution is 0.287. The van der Waals surface area contributed by atoms with Gasteiger partial charge in [0.1, 0.15) is 5.82 Å². The molecule has 5 rings (SSSR count). The minimum Gasteiger partial charge on any atom is -0.354 e. The lowest BCUT2D eigenvalue weighted by Crippen LogP contribution is -2.26. The molecular formula is C21H27N5. The summed E-state index contributed by atoms with van der Waals surface area (Å²) >= 11 is 0. The van der Waals surface area contributed by atoms with Crippen molar-refractivity contribution in [3.8, 4) is 11.4 Å². The summed E-state index contributed by atoms with van der Waals surface area (Å²) in [5.74, 6) is 3.28. The minimum absolute atomic E-state index is 0.213. The summed E-state index contributed by atoms with van der Waals surface area (Å²) in [6.45, 7) is 3.06. The van der Waals surface area contributed by atoms with Gasteiger partial charge >= 0.3 is 0 Å². The van der Waals surface area contributed by atoms with Gasteiger partial charge in [0.2, 0.25) is 5.95 Å². The van der Waals surface area contributed by atoms with Gasteiger partial charge in [0.05, 0.1) is 0 Å². The van der Waals surface area contributed by atoms with Crippen LogP contribution in [0.15, 0.2) is 24.3 Å². The summed E-state index contributed by atoms with van der Waals surface area (Å²) in [6, 6.07) is 8.70. The maximum Gasteiger partial charge on any atom is 0.226 e. The molecule has 1 N–H and O–H groups in total. The molecule has 1 atom stereocenters. The summed E-state index contributed by atoms with van der Waals surface area (Å²) < 4.78 is 0. The van der Waals surface area contributed by atoms with E-state index in [2.05, 4.69) is 41.5 Å². The highest BCUT2D eigenvalue weighted by atomic mass is 15.2. The SMILES string of the molecule is CN1CCC2CCCC3(CC3)c3nc(nc(n3)-c3cccc(c3)C1)NC2. The molecule has 0 saturated heterocycles. The Bertz CT molecular complexity index is 814. The quantitative estimate of drug-likeness (QED) is 0.787. The molecule has 1 fully saturated rings. The van der Waals surface area contributed by atoms with Gasteiger partial charge in [-0.3, -0.25) is 0 Å².